The van der Waals surface area contributed by atoms with Crippen LogP contribution in [0.1, 0.15) is 31.3 Å². The third-order valence-electron chi connectivity index (χ3n) is 3.10. The zero-order valence-corrected chi connectivity index (χ0v) is 12.0. The first-order valence-corrected chi connectivity index (χ1v) is 6.89. The molecule has 0 fully saturated rings. The fourth-order valence-corrected chi connectivity index (χ4v) is 2.06. The van der Waals surface area contributed by atoms with Crippen molar-refractivity contribution in [3.63, 3.8) is 0 Å². The fraction of sp³-hybridized carbons (Fsp3) is 0.400. The van der Waals surface area contributed by atoms with E-state index in [9.17, 15) is 0 Å². The molecule has 0 aliphatic heterocycles. The molecule has 2 rings (SSSR count). The van der Waals surface area contributed by atoms with Crippen LogP contribution >= 0.6 is 0 Å². The predicted molar refractivity (Wildman–Crippen MR) is 80.2 cm³/mol. The maximum absolute atomic E-state index is 5.56. The SMILES string of the molecule is CC(C)C(Nc1cc(CCN)ncn1)c1ccccn1. The average molecular weight is 271 g/mol. The molecule has 0 amide bonds. The van der Waals surface area contributed by atoms with Crippen molar-refractivity contribution in [2.45, 2.75) is 26.3 Å². The largest absolute Gasteiger partial charge is 0.361 e. The molecule has 0 aliphatic rings. The van der Waals surface area contributed by atoms with Gasteiger partial charge >= 0.3 is 0 Å². The van der Waals surface area contributed by atoms with E-state index in [0.29, 0.717) is 12.5 Å². The van der Waals surface area contributed by atoms with Gasteiger partial charge in [0, 0.05) is 24.4 Å². The lowest BCUT2D eigenvalue weighted by Crippen LogP contribution is -2.19. The zero-order valence-electron chi connectivity index (χ0n) is 12.0. The number of nitrogens with one attached hydrogen (secondary N) is 1. The Morgan fingerprint density at radius 1 is 1.20 bits per heavy atom. The molecule has 0 saturated carbocycles. The van der Waals surface area contributed by atoms with Gasteiger partial charge in [0.25, 0.3) is 0 Å². The van der Waals surface area contributed by atoms with Gasteiger partial charge < -0.3 is 11.1 Å². The smallest absolute Gasteiger partial charge is 0.130 e. The zero-order chi connectivity index (χ0) is 14.4. The van der Waals surface area contributed by atoms with Gasteiger partial charge in [0.2, 0.25) is 0 Å². The molecule has 0 spiro atoms. The molecule has 5 nitrogen and oxygen atoms in total. The third-order valence-corrected chi connectivity index (χ3v) is 3.10. The highest BCUT2D eigenvalue weighted by Gasteiger charge is 2.17. The lowest BCUT2D eigenvalue weighted by atomic mass is 10.0. The van der Waals surface area contributed by atoms with Crippen molar-refractivity contribution in [2.75, 3.05) is 11.9 Å². The summed E-state index contributed by atoms with van der Waals surface area (Å²) < 4.78 is 0. The van der Waals surface area contributed by atoms with Crippen LogP contribution in [0.15, 0.2) is 36.8 Å². The van der Waals surface area contributed by atoms with E-state index in [4.69, 9.17) is 5.73 Å². The van der Waals surface area contributed by atoms with Crippen LogP contribution in [0.2, 0.25) is 0 Å². The van der Waals surface area contributed by atoms with Gasteiger partial charge in [-0.25, -0.2) is 9.97 Å². The van der Waals surface area contributed by atoms with Gasteiger partial charge in [-0.05, 0) is 24.6 Å². The van der Waals surface area contributed by atoms with Crippen LogP contribution in [-0.2, 0) is 6.42 Å². The van der Waals surface area contributed by atoms with Gasteiger partial charge in [-0.15, -0.1) is 0 Å². The molecule has 106 valence electrons. The lowest BCUT2D eigenvalue weighted by Gasteiger charge is -2.22. The quantitative estimate of drug-likeness (QED) is 0.842. The number of hydrogen-bond donors (Lipinski definition) is 2. The normalized spacial score (nSPS) is 12.4. The Morgan fingerprint density at radius 3 is 2.70 bits per heavy atom. The lowest BCUT2D eigenvalue weighted by molar-refractivity contribution is 0.533. The van der Waals surface area contributed by atoms with Crippen LogP contribution in [0, 0.1) is 5.92 Å². The molecule has 0 aromatic carbocycles. The van der Waals surface area contributed by atoms with Gasteiger partial charge in [-0.3, -0.25) is 4.98 Å². The van der Waals surface area contributed by atoms with E-state index >= 15 is 0 Å². The molecule has 2 heterocycles. The summed E-state index contributed by atoms with van der Waals surface area (Å²) in [5.74, 6) is 1.21. The molecule has 5 heteroatoms. The maximum Gasteiger partial charge on any atom is 0.130 e. The Hall–Kier alpha value is -2.01. The molecule has 1 atom stereocenters. The van der Waals surface area contributed by atoms with Crippen molar-refractivity contribution >= 4 is 5.82 Å². The minimum absolute atomic E-state index is 0.122. The summed E-state index contributed by atoms with van der Waals surface area (Å²) in [6.07, 6.45) is 4.14. The number of anilines is 1. The Kier molecular flexibility index (Phi) is 5.01. The molecule has 0 saturated heterocycles. The number of nitrogens with two attached hydrogens (primary N) is 1. The van der Waals surface area contributed by atoms with Crippen molar-refractivity contribution < 1.29 is 0 Å². The van der Waals surface area contributed by atoms with E-state index in [2.05, 4.69) is 34.1 Å². The first kappa shape index (κ1) is 14.4. The van der Waals surface area contributed by atoms with E-state index in [1.165, 1.54) is 0 Å². The number of nitrogens with zero attached hydrogens (tertiary/aromatic N) is 3. The second kappa shape index (κ2) is 6.96. The van der Waals surface area contributed by atoms with Gasteiger partial charge in [-0.1, -0.05) is 19.9 Å². The molecule has 0 bridgehead atoms. The number of rotatable bonds is 6. The monoisotopic (exact) mass is 271 g/mol. The highest BCUT2D eigenvalue weighted by Crippen LogP contribution is 2.24. The molecule has 1 unspecified atom stereocenters. The number of pyridine rings is 1. The second-order valence-electron chi connectivity index (χ2n) is 5.05. The van der Waals surface area contributed by atoms with Crippen LogP contribution in [-0.4, -0.2) is 21.5 Å². The highest BCUT2D eigenvalue weighted by atomic mass is 15.0. The summed E-state index contributed by atoms with van der Waals surface area (Å²) in [5, 5.41) is 3.44. The van der Waals surface area contributed by atoms with E-state index in [0.717, 1.165) is 23.6 Å². The van der Waals surface area contributed by atoms with Gasteiger partial charge in [0.15, 0.2) is 0 Å². The minimum Gasteiger partial charge on any atom is -0.361 e. The Bertz CT molecular complexity index is 527. The first-order valence-electron chi connectivity index (χ1n) is 6.89. The number of aromatic nitrogens is 3. The van der Waals surface area contributed by atoms with Crippen molar-refractivity contribution in [2.24, 2.45) is 11.7 Å². The van der Waals surface area contributed by atoms with Crippen molar-refractivity contribution in [1.29, 1.82) is 0 Å². The molecule has 2 aromatic rings. The average Bonchev–Trinajstić information content (AvgIpc) is 2.46. The van der Waals surface area contributed by atoms with Crippen LogP contribution in [0.25, 0.3) is 0 Å². The predicted octanol–water partition coefficient (Wildman–Crippen LogP) is 2.18. The molecule has 0 radical (unpaired) electrons. The van der Waals surface area contributed by atoms with Crippen molar-refractivity contribution in [1.82, 2.24) is 15.0 Å². The van der Waals surface area contributed by atoms with Crippen LogP contribution < -0.4 is 11.1 Å². The van der Waals surface area contributed by atoms with Crippen molar-refractivity contribution in [3.8, 4) is 0 Å². The topological polar surface area (TPSA) is 76.7 Å². The van der Waals surface area contributed by atoms with E-state index in [-0.39, 0.29) is 6.04 Å². The highest BCUT2D eigenvalue weighted by molar-refractivity contribution is 5.38. The van der Waals surface area contributed by atoms with Gasteiger partial charge in [0.1, 0.15) is 12.1 Å². The molecule has 3 N–H and O–H groups in total. The van der Waals surface area contributed by atoms with E-state index < -0.39 is 0 Å². The summed E-state index contributed by atoms with van der Waals surface area (Å²) in [6.45, 7) is 4.91. The van der Waals surface area contributed by atoms with Gasteiger partial charge in [-0.2, -0.15) is 0 Å². The summed E-state index contributed by atoms with van der Waals surface area (Å²) in [7, 11) is 0. The molecule has 2 aromatic heterocycles. The van der Waals surface area contributed by atoms with Crippen LogP contribution in [0.3, 0.4) is 0 Å². The fourth-order valence-electron chi connectivity index (χ4n) is 2.06. The standard InChI is InChI=1S/C15H21N5/c1-11(2)15(13-5-3-4-8-17-13)20-14-9-12(6-7-16)18-10-19-14/h3-5,8-11,15H,6-7,16H2,1-2H3,(H,18,19,20). The Balaban J connectivity index is 2.18. The second-order valence-corrected chi connectivity index (χ2v) is 5.05. The molecular formula is C15H21N5. The maximum atomic E-state index is 5.56. The van der Waals surface area contributed by atoms with E-state index in [1.54, 1.807) is 6.33 Å². The summed E-state index contributed by atoms with van der Waals surface area (Å²) >= 11 is 0. The Morgan fingerprint density at radius 2 is 2.05 bits per heavy atom. The first-order chi connectivity index (χ1) is 9.70. The van der Waals surface area contributed by atoms with Crippen molar-refractivity contribution in [3.05, 3.63) is 48.2 Å². The molecular weight excluding hydrogens is 250 g/mol. The molecule has 20 heavy (non-hydrogen) atoms. The van der Waals surface area contributed by atoms with Crippen LogP contribution in [0.4, 0.5) is 5.82 Å². The summed E-state index contributed by atoms with van der Waals surface area (Å²) in [5.41, 5.74) is 7.53. The van der Waals surface area contributed by atoms with Gasteiger partial charge in [0.05, 0.1) is 11.7 Å². The minimum atomic E-state index is 0.122. The number of hydrogen-bond acceptors (Lipinski definition) is 5. The Labute approximate surface area is 119 Å². The van der Waals surface area contributed by atoms with Crippen LogP contribution in [0.5, 0.6) is 0 Å². The third kappa shape index (κ3) is 3.74. The van der Waals surface area contributed by atoms with E-state index in [1.807, 2.05) is 30.5 Å². The summed E-state index contributed by atoms with van der Waals surface area (Å²) in [4.78, 5) is 12.9. The summed E-state index contributed by atoms with van der Waals surface area (Å²) in [6, 6.07) is 8.02. The molecule has 0 aliphatic carbocycles.